The molecule has 0 bridgehead atoms. The average Bonchev–Trinajstić information content (AvgIpc) is 3.05. The normalized spacial score (nSPS) is 11.9. The minimum absolute atomic E-state index is 0.00555. The van der Waals surface area contributed by atoms with Gasteiger partial charge in [0.25, 0.3) is 0 Å². The lowest BCUT2D eigenvalue weighted by Gasteiger charge is -2.13. The number of sulfone groups is 1. The summed E-state index contributed by atoms with van der Waals surface area (Å²) in [5, 5.41) is 5.70. The third-order valence-corrected chi connectivity index (χ3v) is 4.88. The number of anilines is 1. The van der Waals surface area contributed by atoms with E-state index in [0.29, 0.717) is 10.9 Å². The van der Waals surface area contributed by atoms with Gasteiger partial charge in [0, 0.05) is 11.9 Å². The van der Waals surface area contributed by atoms with Crippen molar-refractivity contribution < 1.29 is 35.5 Å². The van der Waals surface area contributed by atoms with Crippen molar-refractivity contribution in [2.75, 3.05) is 11.6 Å². The van der Waals surface area contributed by atoms with Gasteiger partial charge in [0.1, 0.15) is 5.82 Å². The standard InChI is InChI=1S/C18H13F4N3O4S/c1-30(27,28)14-7-3-5-12(9-14)24-17(26)29-15-10-23-25(16(15)18(20,21)22)13-6-2-4-11(19)8-13/h2-10H,1H3,(H,24,26). The first kappa shape index (κ1) is 21.3. The van der Waals surface area contributed by atoms with Gasteiger partial charge < -0.3 is 4.74 Å². The van der Waals surface area contributed by atoms with Crippen molar-refractivity contribution in [3.8, 4) is 11.4 Å². The first-order valence-corrected chi connectivity index (χ1v) is 10.0. The highest BCUT2D eigenvalue weighted by Gasteiger charge is 2.40. The summed E-state index contributed by atoms with van der Waals surface area (Å²) in [6.07, 6.45) is -4.65. The van der Waals surface area contributed by atoms with Crippen LogP contribution in [-0.2, 0) is 16.0 Å². The van der Waals surface area contributed by atoms with Gasteiger partial charge in [-0.3, -0.25) is 5.32 Å². The molecule has 2 aromatic carbocycles. The predicted molar refractivity (Wildman–Crippen MR) is 97.7 cm³/mol. The van der Waals surface area contributed by atoms with Crippen LogP contribution in [0.5, 0.6) is 5.75 Å². The average molecular weight is 443 g/mol. The fourth-order valence-electron chi connectivity index (χ4n) is 2.52. The summed E-state index contributed by atoms with van der Waals surface area (Å²) in [7, 11) is -3.56. The van der Waals surface area contributed by atoms with Crippen LogP contribution in [0.1, 0.15) is 5.69 Å². The Morgan fingerprint density at radius 2 is 1.83 bits per heavy atom. The van der Waals surface area contributed by atoms with Crippen molar-refractivity contribution in [3.05, 3.63) is 66.2 Å². The van der Waals surface area contributed by atoms with E-state index in [0.717, 1.165) is 24.5 Å². The number of hydrogen-bond donors (Lipinski definition) is 1. The molecule has 1 amide bonds. The lowest BCUT2D eigenvalue weighted by Crippen LogP contribution is -2.20. The van der Waals surface area contributed by atoms with Gasteiger partial charge in [0.05, 0.1) is 16.8 Å². The molecule has 0 spiro atoms. The number of carbonyl (C=O) groups is 1. The van der Waals surface area contributed by atoms with E-state index in [-0.39, 0.29) is 16.3 Å². The second-order valence-electron chi connectivity index (χ2n) is 6.06. The molecule has 30 heavy (non-hydrogen) atoms. The topological polar surface area (TPSA) is 90.3 Å². The number of carbonyl (C=O) groups excluding carboxylic acids is 1. The van der Waals surface area contributed by atoms with Crippen LogP contribution in [0, 0.1) is 5.82 Å². The second kappa shape index (κ2) is 7.78. The molecule has 3 aromatic rings. The van der Waals surface area contributed by atoms with E-state index in [1.807, 2.05) is 0 Å². The summed E-state index contributed by atoms with van der Waals surface area (Å²) in [5.41, 5.74) is -1.65. The highest BCUT2D eigenvalue weighted by Crippen LogP contribution is 2.37. The van der Waals surface area contributed by atoms with Gasteiger partial charge in [-0.1, -0.05) is 12.1 Å². The van der Waals surface area contributed by atoms with Gasteiger partial charge in [0.2, 0.25) is 0 Å². The summed E-state index contributed by atoms with van der Waals surface area (Å²) >= 11 is 0. The van der Waals surface area contributed by atoms with Crippen LogP contribution in [0.4, 0.5) is 28.0 Å². The maximum absolute atomic E-state index is 13.6. The minimum atomic E-state index is -4.98. The lowest BCUT2D eigenvalue weighted by molar-refractivity contribution is -0.143. The molecular weight excluding hydrogens is 430 g/mol. The SMILES string of the molecule is CS(=O)(=O)c1cccc(NC(=O)Oc2cnn(-c3cccc(F)c3)c2C(F)(F)F)c1. The number of halogens is 4. The fourth-order valence-corrected chi connectivity index (χ4v) is 3.19. The molecule has 158 valence electrons. The van der Waals surface area contributed by atoms with Crippen molar-refractivity contribution in [1.29, 1.82) is 0 Å². The highest BCUT2D eigenvalue weighted by molar-refractivity contribution is 7.90. The summed E-state index contributed by atoms with van der Waals surface area (Å²) < 4.78 is 82.3. The van der Waals surface area contributed by atoms with Crippen LogP contribution in [0.15, 0.2) is 59.6 Å². The predicted octanol–water partition coefficient (Wildman–Crippen LogP) is 4.04. The van der Waals surface area contributed by atoms with Gasteiger partial charge in [-0.2, -0.15) is 18.3 Å². The van der Waals surface area contributed by atoms with Crippen LogP contribution >= 0.6 is 0 Å². The first-order chi connectivity index (χ1) is 13.9. The van der Waals surface area contributed by atoms with Crippen LogP contribution in [0.25, 0.3) is 5.69 Å². The zero-order valence-electron chi connectivity index (χ0n) is 15.1. The van der Waals surface area contributed by atoms with Gasteiger partial charge in [0.15, 0.2) is 21.3 Å². The van der Waals surface area contributed by atoms with E-state index in [1.54, 1.807) is 0 Å². The van der Waals surface area contributed by atoms with E-state index < -0.39 is 39.4 Å². The minimum Gasteiger partial charge on any atom is -0.406 e. The molecule has 3 rings (SSSR count). The maximum atomic E-state index is 13.6. The number of alkyl halides is 3. The third kappa shape index (κ3) is 4.76. The summed E-state index contributed by atoms with van der Waals surface area (Å²) in [6.45, 7) is 0. The third-order valence-electron chi connectivity index (χ3n) is 3.77. The zero-order chi connectivity index (χ0) is 22.1. The summed E-state index contributed by atoms with van der Waals surface area (Å²) in [6, 6.07) is 9.37. The number of nitrogens with zero attached hydrogens (tertiary/aromatic N) is 2. The first-order valence-electron chi connectivity index (χ1n) is 8.15. The van der Waals surface area contributed by atoms with Crippen molar-refractivity contribution in [2.45, 2.75) is 11.1 Å². The number of aromatic nitrogens is 2. The Morgan fingerprint density at radius 3 is 2.47 bits per heavy atom. The molecule has 12 heteroatoms. The van der Waals surface area contributed by atoms with Crippen LogP contribution in [0.2, 0.25) is 0 Å². The summed E-state index contributed by atoms with van der Waals surface area (Å²) in [5.74, 6) is -1.69. The second-order valence-corrected chi connectivity index (χ2v) is 8.08. The molecule has 0 unspecified atom stereocenters. The largest absolute Gasteiger partial charge is 0.437 e. The Balaban J connectivity index is 1.89. The van der Waals surface area contributed by atoms with Crippen molar-refractivity contribution in [1.82, 2.24) is 9.78 Å². The molecule has 1 aromatic heterocycles. The fraction of sp³-hybridized carbons (Fsp3) is 0.111. The smallest absolute Gasteiger partial charge is 0.406 e. The highest BCUT2D eigenvalue weighted by atomic mass is 32.2. The van der Waals surface area contributed by atoms with Crippen molar-refractivity contribution >= 4 is 21.6 Å². The summed E-state index contributed by atoms with van der Waals surface area (Å²) in [4.78, 5) is 12.0. The van der Waals surface area contributed by atoms with Crippen molar-refractivity contribution in [2.24, 2.45) is 0 Å². The number of rotatable bonds is 4. The van der Waals surface area contributed by atoms with Gasteiger partial charge in [-0.25, -0.2) is 22.3 Å². The quantitative estimate of drug-likeness (QED) is 0.615. The Morgan fingerprint density at radius 1 is 1.13 bits per heavy atom. The molecule has 0 radical (unpaired) electrons. The van der Waals surface area contributed by atoms with Crippen LogP contribution in [0.3, 0.4) is 0 Å². The van der Waals surface area contributed by atoms with Gasteiger partial charge in [-0.15, -0.1) is 0 Å². The van der Waals surface area contributed by atoms with Crippen LogP contribution in [-0.4, -0.2) is 30.5 Å². The van der Waals surface area contributed by atoms with E-state index in [9.17, 15) is 30.8 Å². The molecule has 0 aliphatic carbocycles. The van der Waals surface area contributed by atoms with Gasteiger partial charge in [-0.05, 0) is 36.4 Å². The van der Waals surface area contributed by atoms with E-state index in [2.05, 4.69) is 10.4 Å². The Kier molecular flexibility index (Phi) is 5.53. The molecule has 0 aliphatic rings. The number of ether oxygens (including phenoxy) is 1. The van der Waals surface area contributed by atoms with Crippen LogP contribution < -0.4 is 10.1 Å². The number of nitrogens with one attached hydrogen (secondary N) is 1. The molecular formula is C18H13F4N3O4S. The molecule has 1 N–H and O–H groups in total. The molecule has 0 saturated carbocycles. The molecule has 0 aliphatic heterocycles. The Bertz CT molecular complexity index is 1210. The van der Waals surface area contributed by atoms with E-state index in [1.165, 1.54) is 30.3 Å². The van der Waals surface area contributed by atoms with Crippen molar-refractivity contribution in [3.63, 3.8) is 0 Å². The molecule has 0 fully saturated rings. The van der Waals surface area contributed by atoms with Gasteiger partial charge >= 0.3 is 12.3 Å². The zero-order valence-corrected chi connectivity index (χ0v) is 16.0. The molecule has 0 atom stereocenters. The number of benzene rings is 2. The molecule has 7 nitrogen and oxygen atoms in total. The maximum Gasteiger partial charge on any atom is 0.437 e. The Hall–Kier alpha value is -3.41. The molecule has 1 heterocycles. The Labute approximate surface area is 167 Å². The van der Waals surface area contributed by atoms with E-state index >= 15 is 0 Å². The lowest BCUT2D eigenvalue weighted by atomic mass is 10.3. The number of amides is 1. The number of hydrogen-bond acceptors (Lipinski definition) is 5. The molecule has 0 saturated heterocycles. The van der Waals surface area contributed by atoms with E-state index in [4.69, 9.17) is 4.74 Å². The monoisotopic (exact) mass is 443 g/mol.